The molecule has 2 nitrogen and oxygen atoms in total. The summed E-state index contributed by atoms with van der Waals surface area (Å²) in [4.78, 5) is 12.4. The van der Waals surface area contributed by atoms with Crippen LogP contribution in [0.5, 0.6) is 0 Å². The molecular formula is C27H46O2Si. The highest BCUT2D eigenvalue weighted by Gasteiger charge is 2.59. The lowest BCUT2D eigenvalue weighted by atomic mass is 9.47. The van der Waals surface area contributed by atoms with E-state index in [0.717, 1.165) is 30.6 Å². The second-order valence-corrected chi connectivity index (χ2v) is 18.0. The fraction of sp³-hybridized carbons (Fsp3) is 0.889. The first-order valence-corrected chi connectivity index (χ1v) is 15.6. The monoisotopic (exact) mass is 430 g/mol. The average molecular weight is 431 g/mol. The van der Waals surface area contributed by atoms with E-state index < -0.39 is 8.32 Å². The van der Waals surface area contributed by atoms with E-state index in [1.54, 1.807) is 5.57 Å². The summed E-state index contributed by atoms with van der Waals surface area (Å²) in [6.45, 7) is 18.7. The largest absolute Gasteiger partial charge is 0.414 e. The molecule has 0 aromatic rings. The van der Waals surface area contributed by atoms with E-state index in [1.807, 2.05) is 6.92 Å². The topological polar surface area (TPSA) is 26.3 Å². The fourth-order valence-corrected chi connectivity index (χ4v) is 9.38. The molecule has 4 rings (SSSR count). The molecule has 0 heterocycles. The Kier molecular flexibility index (Phi) is 5.54. The summed E-state index contributed by atoms with van der Waals surface area (Å²) in [5, 5.41) is 0.281. The van der Waals surface area contributed by atoms with Crippen molar-refractivity contribution in [1.29, 1.82) is 0 Å². The van der Waals surface area contributed by atoms with E-state index in [9.17, 15) is 4.79 Å². The van der Waals surface area contributed by atoms with Crippen LogP contribution >= 0.6 is 0 Å². The molecule has 0 amide bonds. The highest BCUT2D eigenvalue weighted by atomic mass is 28.4. The van der Waals surface area contributed by atoms with Gasteiger partial charge in [0.05, 0.1) is 0 Å². The van der Waals surface area contributed by atoms with Gasteiger partial charge >= 0.3 is 0 Å². The van der Waals surface area contributed by atoms with E-state index in [2.05, 4.69) is 53.8 Å². The molecule has 0 aliphatic heterocycles. The molecule has 7 atom stereocenters. The lowest BCUT2D eigenvalue weighted by Gasteiger charge is -2.58. The number of carbonyl (C=O) groups excluding carboxylic acids is 1. The molecule has 0 saturated heterocycles. The van der Waals surface area contributed by atoms with Crippen LogP contribution in [0, 0.1) is 34.5 Å². The Balaban J connectivity index is 1.53. The van der Waals surface area contributed by atoms with Gasteiger partial charge in [-0.3, -0.25) is 4.79 Å². The second kappa shape index (κ2) is 7.30. The van der Waals surface area contributed by atoms with Gasteiger partial charge in [0, 0.05) is 12.0 Å². The lowest BCUT2D eigenvalue weighted by molar-refractivity contribution is -0.127. The average Bonchev–Trinajstić information content (AvgIpc) is 2.98. The minimum absolute atomic E-state index is 0.261. The fourth-order valence-electron chi connectivity index (χ4n) is 7.99. The van der Waals surface area contributed by atoms with Crippen LogP contribution in [0.2, 0.25) is 18.1 Å². The maximum atomic E-state index is 12.4. The van der Waals surface area contributed by atoms with Crippen molar-refractivity contribution in [2.24, 2.45) is 34.5 Å². The van der Waals surface area contributed by atoms with E-state index in [4.69, 9.17) is 4.43 Å². The summed E-state index contributed by atoms with van der Waals surface area (Å²) in [6.07, 6.45) is 13.0. The summed E-state index contributed by atoms with van der Waals surface area (Å²) < 4.78 is 6.86. The molecule has 4 aliphatic rings. The molecule has 3 heteroatoms. The first-order chi connectivity index (χ1) is 13.8. The van der Waals surface area contributed by atoms with Crippen LogP contribution in [0.25, 0.3) is 0 Å². The van der Waals surface area contributed by atoms with Crippen LogP contribution in [-0.2, 0) is 9.22 Å². The van der Waals surface area contributed by atoms with Gasteiger partial charge in [-0.15, -0.1) is 0 Å². The molecule has 3 saturated carbocycles. The van der Waals surface area contributed by atoms with Crippen molar-refractivity contribution >= 4 is 14.1 Å². The Morgan fingerprint density at radius 1 is 1.07 bits per heavy atom. The van der Waals surface area contributed by atoms with E-state index in [0.29, 0.717) is 23.2 Å². The number of hydrogen-bond donors (Lipinski definition) is 0. The van der Waals surface area contributed by atoms with Crippen molar-refractivity contribution in [3.63, 3.8) is 0 Å². The van der Waals surface area contributed by atoms with Crippen LogP contribution in [-0.4, -0.2) is 20.2 Å². The van der Waals surface area contributed by atoms with Gasteiger partial charge in [-0.05, 0) is 105 Å². The van der Waals surface area contributed by atoms with Crippen LogP contribution in [0.4, 0.5) is 0 Å². The Morgan fingerprint density at radius 2 is 1.77 bits per heavy atom. The Hall–Kier alpha value is -0.413. The molecule has 0 aromatic carbocycles. The van der Waals surface area contributed by atoms with Crippen LogP contribution in [0.3, 0.4) is 0 Å². The minimum atomic E-state index is -1.71. The Labute approximate surface area is 186 Å². The molecular weight excluding hydrogens is 384 g/mol. The van der Waals surface area contributed by atoms with Gasteiger partial charge in [0.15, 0.2) is 8.32 Å². The smallest absolute Gasteiger partial charge is 0.192 e. The lowest BCUT2D eigenvalue weighted by Crippen LogP contribution is -2.52. The van der Waals surface area contributed by atoms with Crippen molar-refractivity contribution in [1.82, 2.24) is 0 Å². The molecule has 170 valence electrons. The number of rotatable bonds is 3. The van der Waals surface area contributed by atoms with Gasteiger partial charge in [0.25, 0.3) is 0 Å². The third kappa shape index (κ3) is 3.41. The van der Waals surface area contributed by atoms with Crippen molar-refractivity contribution in [2.75, 3.05) is 0 Å². The number of Topliss-reactive ketones (excluding diaryl/α,β-unsaturated/α-hetero) is 1. The summed E-state index contributed by atoms with van der Waals surface area (Å²) in [7, 11) is -1.71. The molecule has 30 heavy (non-hydrogen) atoms. The Bertz CT molecular complexity index is 732. The van der Waals surface area contributed by atoms with Gasteiger partial charge in [-0.25, -0.2) is 0 Å². The van der Waals surface area contributed by atoms with E-state index in [1.165, 1.54) is 38.5 Å². The standard InChI is InChI=1S/C27H46O2Si/c1-18(28)22-11-12-23-21-10-9-19-17-20(29-30(7,8)25(2,3)4)13-15-26(19,5)24(21)14-16-27(22,23)6/h9,20-24H,10-17H2,1-8H3. The predicted molar refractivity (Wildman–Crippen MR) is 128 cm³/mol. The van der Waals surface area contributed by atoms with Gasteiger partial charge in [-0.2, -0.15) is 0 Å². The third-order valence-corrected chi connectivity index (χ3v) is 15.4. The van der Waals surface area contributed by atoms with Crippen LogP contribution in [0.1, 0.15) is 92.9 Å². The first-order valence-electron chi connectivity index (χ1n) is 12.7. The summed E-state index contributed by atoms with van der Waals surface area (Å²) in [6, 6.07) is 0. The number of allylic oxidation sites excluding steroid dienone is 1. The normalized spacial score (nSPS) is 44.0. The van der Waals surface area contributed by atoms with E-state index in [-0.39, 0.29) is 10.5 Å². The molecule has 7 unspecified atom stereocenters. The molecule has 0 spiro atoms. The highest BCUT2D eigenvalue weighted by Crippen LogP contribution is 2.66. The maximum Gasteiger partial charge on any atom is 0.192 e. The predicted octanol–water partition coefficient (Wildman–Crippen LogP) is 7.54. The third-order valence-electron chi connectivity index (χ3n) is 10.8. The van der Waals surface area contributed by atoms with Crippen molar-refractivity contribution in [2.45, 2.75) is 117 Å². The first kappa shape index (κ1) is 22.8. The van der Waals surface area contributed by atoms with Crippen molar-refractivity contribution in [3.05, 3.63) is 11.6 Å². The zero-order chi connectivity index (χ0) is 22.1. The molecule has 0 radical (unpaired) electrons. The molecule has 3 fully saturated rings. The van der Waals surface area contributed by atoms with E-state index >= 15 is 0 Å². The molecule has 0 N–H and O–H groups in total. The Morgan fingerprint density at radius 3 is 2.40 bits per heavy atom. The van der Waals surface area contributed by atoms with Crippen LogP contribution in [0.15, 0.2) is 11.6 Å². The minimum Gasteiger partial charge on any atom is -0.414 e. The number of fused-ring (bicyclic) bond motifs is 5. The number of carbonyl (C=O) groups is 1. The molecule has 0 aromatic heterocycles. The number of hydrogen-bond acceptors (Lipinski definition) is 2. The second-order valence-electron chi connectivity index (χ2n) is 13.3. The maximum absolute atomic E-state index is 12.4. The zero-order valence-corrected chi connectivity index (χ0v) is 21.9. The summed E-state index contributed by atoms with van der Waals surface area (Å²) in [5.41, 5.74) is 2.34. The van der Waals surface area contributed by atoms with Gasteiger partial charge in [0.1, 0.15) is 5.78 Å². The molecule has 4 aliphatic carbocycles. The van der Waals surface area contributed by atoms with Gasteiger partial charge in [-0.1, -0.05) is 46.3 Å². The van der Waals surface area contributed by atoms with Crippen molar-refractivity contribution in [3.8, 4) is 0 Å². The molecule has 0 bridgehead atoms. The quantitative estimate of drug-likeness (QED) is 0.341. The van der Waals surface area contributed by atoms with Gasteiger partial charge in [0.2, 0.25) is 0 Å². The zero-order valence-electron chi connectivity index (χ0n) is 20.9. The SMILES string of the molecule is CC(=O)C1CCC2C3CC=C4CC(O[Si](C)(C)C(C)(C)C)CCC4(C)C3CCC12C. The van der Waals surface area contributed by atoms with Crippen LogP contribution < -0.4 is 0 Å². The highest BCUT2D eigenvalue weighted by molar-refractivity contribution is 6.74. The van der Waals surface area contributed by atoms with Crippen molar-refractivity contribution < 1.29 is 9.22 Å². The van der Waals surface area contributed by atoms with Gasteiger partial charge < -0.3 is 4.43 Å². The summed E-state index contributed by atoms with van der Waals surface area (Å²) >= 11 is 0. The number of ketones is 1. The summed E-state index contributed by atoms with van der Waals surface area (Å²) in [5.74, 6) is 3.12.